The molecule has 0 aromatic heterocycles. The molecular formula is C20H29ClN2O3. The van der Waals surface area contributed by atoms with E-state index in [9.17, 15) is 4.79 Å². The molecule has 0 bridgehead atoms. The van der Waals surface area contributed by atoms with Crippen molar-refractivity contribution < 1.29 is 14.3 Å². The number of hydrogen-bond acceptors (Lipinski definition) is 4. The number of hydrogen-bond donors (Lipinski definition) is 2. The normalized spacial score (nSPS) is 27.6. The molecule has 6 heteroatoms. The van der Waals surface area contributed by atoms with Crippen LogP contribution < -0.4 is 10.6 Å². The zero-order valence-corrected chi connectivity index (χ0v) is 16.1. The lowest BCUT2D eigenvalue weighted by Gasteiger charge is -2.40. The van der Waals surface area contributed by atoms with Crippen LogP contribution in [0.2, 0.25) is 0 Å². The zero-order chi connectivity index (χ0) is 17.3. The van der Waals surface area contributed by atoms with Gasteiger partial charge in [-0.05, 0) is 49.9 Å². The lowest BCUT2D eigenvalue weighted by Crippen LogP contribution is -2.50. The van der Waals surface area contributed by atoms with E-state index in [1.54, 1.807) is 7.11 Å². The first-order valence-corrected chi connectivity index (χ1v) is 9.47. The van der Waals surface area contributed by atoms with Gasteiger partial charge in [-0.2, -0.15) is 0 Å². The molecule has 0 unspecified atom stereocenters. The van der Waals surface area contributed by atoms with Gasteiger partial charge in [-0.1, -0.05) is 24.3 Å². The number of methoxy groups -OCH3 is 1. The predicted octanol–water partition coefficient (Wildman–Crippen LogP) is 2.34. The number of benzene rings is 1. The first-order chi connectivity index (χ1) is 12.3. The van der Waals surface area contributed by atoms with E-state index >= 15 is 0 Å². The highest BCUT2D eigenvalue weighted by Gasteiger charge is 2.53. The van der Waals surface area contributed by atoms with Crippen LogP contribution in [0, 0.1) is 5.92 Å². The van der Waals surface area contributed by atoms with Crippen molar-refractivity contribution in [3.63, 3.8) is 0 Å². The lowest BCUT2D eigenvalue weighted by atomic mass is 9.72. The zero-order valence-electron chi connectivity index (χ0n) is 15.3. The van der Waals surface area contributed by atoms with E-state index in [2.05, 4.69) is 34.9 Å². The lowest BCUT2D eigenvalue weighted by molar-refractivity contribution is -0.130. The summed E-state index contributed by atoms with van der Waals surface area (Å²) >= 11 is 0. The minimum absolute atomic E-state index is 0. The van der Waals surface area contributed by atoms with Crippen LogP contribution in [0.25, 0.3) is 0 Å². The van der Waals surface area contributed by atoms with E-state index in [0.29, 0.717) is 13.2 Å². The average Bonchev–Trinajstić information content (AvgIpc) is 2.92. The maximum absolute atomic E-state index is 12.9. The number of piperidine rings is 1. The minimum atomic E-state index is -0.0605. The van der Waals surface area contributed by atoms with Gasteiger partial charge in [-0.15, -0.1) is 12.4 Å². The molecule has 4 rings (SSSR count). The van der Waals surface area contributed by atoms with Crippen LogP contribution in [0.1, 0.15) is 42.9 Å². The summed E-state index contributed by atoms with van der Waals surface area (Å²) in [5, 5.41) is 6.80. The second-order valence-corrected chi connectivity index (χ2v) is 7.52. The maximum Gasteiger partial charge on any atom is 0.223 e. The van der Waals surface area contributed by atoms with Crippen LogP contribution in [-0.2, 0) is 19.7 Å². The number of nitrogens with one attached hydrogen (secondary N) is 2. The summed E-state index contributed by atoms with van der Waals surface area (Å²) in [6.45, 7) is 3.36. The third-order valence-electron chi connectivity index (χ3n) is 6.32. The first kappa shape index (κ1) is 19.6. The van der Waals surface area contributed by atoms with Crippen molar-refractivity contribution in [2.75, 3.05) is 33.4 Å². The van der Waals surface area contributed by atoms with Crippen molar-refractivity contribution in [2.45, 2.75) is 43.2 Å². The van der Waals surface area contributed by atoms with E-state index in [4.69, 9.17) is 9.47 Å². The van der Waals surface area contributed by atoms with E-state index in [1.165, 1.54) is 11.1 Å². The summed E-state index contributed by atoms with van der Waals surface area (Å²) in [4.78, 5) is 12.9. The van der Waals surface area contributed by atoms with Crippen LogP contribution in [0.3, 0.4) is 0 Å². The number of rotatable bonds is 3. The number of carbonyl (C=O) groups excluding carboxylic acids is 1. The molecule has 2 aliphatic heterocycles. The third kappa shape index (κ3) is 3.26. The molecule has 1 aromatic carbocycles. The standard InChI is InChI=1S/C20H28N2O3.ClH/c1-24-18-17(22-19(23)14-6-12-25-13-7-14)15-4-2-3-5-16(15)20(18)8-10-21-11-9-20;/h2-5,14,17-18,21H,6-13H2,1H3,(H,22,23);1H/t17-,18+;/m1./s1. The Bertz CT molecular complexity index is 627. The predicted molar refractivity (Wildman–Crippen MR) is 103 cm³/mol. The Morgan fingerprint density at radius 2 is 1.92 bits per heavy atom. The fourth-order valence-corrected chi connectivity index (χ4v) is 5.03. The van der Waals surface area contributed by atoms with Crippen LogP contribution >= 0.6 is 12.4 Å². The monoisotopic (exact) mass is 380 g/mol. The Labute approximate surface area is 161 Å². The van der Waals surface area contributed by atoms with Crippen LogP contribution in [-0.4, -0.2) is 45.4 Å². The molecule has 1 spiro atoms. The Kier molecular flexibility index (Phi) is 6.23. The van der Waals surface area contributed by atoms with Crippen molar-refractivity contribution in [3.05, 3.63) is 35.4 Å². The molecule has 2 heterocycles. The van der Waals surface area contributed by atoms with Gasteiger partial charge in [-0.3, -0.25) is 4.79 Å². The molecule has 26 heavy (non-hydrogen) atoms. The summed E-state index contributed by atoms with van der Waals surface area (Å²) in [7, 11) is 1.79. The molecule has 144 valence electrons. The third-order valence-corrected chi connectivity index (χ3v) is 6.32. The Morgan fingerprint density at radius 1 is 1.23 bits per heavy atom. The summed E-state index contributed by atoms with van der Waals surface area (Å²) in [6, 6.07) is 8.51. The molecule has 2 atom stereocenters. The largest absolute Gasteiger partial charge is 0.381 e. The van der Waals surface area contributed by atoms with E-state index < -0.39 is 0 Å². The average molecular weight is 381 g/mol. The van der Waals surface area contributed by atoms with Crippen LogP contribution in [0.5, 0.6) is 0 Å². The summed E-state index contributed by atoms with van der Waals surface area (Å²) in [5.41, 5.74) is 2.60. The van der Waals surface area contributed by atoms with Gasteiger partial charge in [0.1, 0.15) is 0 Å². The quantitative estimate of drug-likeness (QED) is 0.845. The molecule has 0 saturated carbocycles. The summed E-state index contributed by atoms with van der Waals surface area (Å²) in [5.74, 6) is 0.208. The molecule has 0 radical (unpaired) electrons. The molecule has 2 fully saturated rings. The number of halogens is 1. The van der Waals surface area contributed by atoms with Gasteiger partial charge in [0.05, 0.1) is 12.1 Å². The number of amides is 1. The Hall–Kier alpha value is -1.14. The van der Waals surface area contributed by atoms with E-state index in [1.807, 2.05) is 0 Å². The van der Waals surface area contributed by atoms with Gasteiger partial charge >= 0.3 is 0 Å². The fourth-order valence-electron chi connectivity index (χ4n) is 5.03. The fraction of sp³-hybridized carbons (Fsp3) is 0.650. The van der Waals surface area contributed by atoms with Gasteiger partial charge in [0, 0.05) is 31.7 Å². The van der Waals surface area contributed by atoms with Crippen LogP contribution in [0.15, 0.2) is 24.3 Å². The number of ether oxygens (including phenoxy) is 2. The molecular weight excluding hydrogens is 352 g/mol. The van der Waals surface area contributed by atoms with E-state index in [0.717, 1.165) is 38.8 Å². The second kappa shape index (κ2) is 8.26. The van der Waals surface area contributed by atoms with Crippen molar-refractivity contribution in [3.8, 4) is 0 Å². The van der Waals surface area contributed by atoms with Gasteiger partial charge < -0.3 is 20.1 Å². The second-order valence-electron chi connectivity index (χ2n) is 7.52. The summed E-state index contributed by atoms with van der Waals surface area (Å²) < 4.78 is 11.4. The number of carbonyl (C=O) groups is 1. The molecule has 1 amide bonds. The molecule has 2 saturated heterocycles. The smallest absolute Gasteiger partial charge is 0.223 e. The van der Waals surface area contributed by atoms with Crippen molar-refractivity contribution in [1.82, 2.24) is 10.6 Å². The molecule has 1 aromatic rings. The highest BCUT2D eigenvalue weighted by atomic mass is 35.5. The van der Waals surface area contributed by atoms with Gasteiger partial charge in [0.2, 0.25) is 5.91 Å². The van der Waals surface area contributed by atoms with Crippen molar-refractivity contribution in [2.24, 2.45) is 5.92 Å². The first-order valence-electron chi connectivity index (χ1n) is 9.47. The highest BCUT2D eigenvalue weighted by molar-refractivity contribution is 5.85. The van der Waals surface area contributed by atoms with Gasteiger partial charge in [0.15, 0.2) is 0 Å². The van der Waals surface area contributed by atoms with Gasteiger partial charge in [0.25, 0.3) is 0 Å². The SMILES string of the molecule is CO[C@H]1[C@H](NC(=O)C2CCOCC2)c2ccccc2C12CCNCC2.Cl. The maximum atomic E-state index is 12.9. The van der Waals surface area contributed by atoms with Gasteiger partial charge in [-0.25, -0.2) is 0 Å². The summed E-state index contributed by atoms with van der Waals surface area (Å²) in [6.07, 6.45) is 3.72. The molecule has 3 aliphatic rings. The Morgan fingerprint density at radius 3 is 2.62 bits per heavy atom. The molecule has 1 aliphatic carbocycles. The topological polar surface area (TPSA) is 59.6 Å². The number of fused-ring (bicyclic) bond motifs is 2. The van der Waals surface area contributed by atoms with Crippen molar-refractivity contribution >= 4 is 18.3 Å². The van der Waals surface area contributed by atoms with E-state index in [-0.39, 0.29) is 41.8 Å². The minimum Gasteiger partial charge on any atom is -0.381 e. The van der Waals surface area contributed by atoms with Crippen molar-refractivity contribution in [1.29, 1.82) is 0 Å². The molecule has 2 N–H and O–H groups in total. The van der Waals surface area contributed by atoms with Crippen LogP contribution in [0.4, 0.5) is 0 Å². The highest BCUT2D eigenvalue weighted by Crippen LogP contribution is 2.51. The molecule has 5 nitrogen and oxygen atoms in total. The Balaban J connectivity index is 0.00000196.